The van der Waals surface area contributed by atoms with E-state index in [2.05, 4.69) is 71.6 Å². The third-order valence-electron chi connectivity index (χ3n) is 5.95. The van der Waals surface area contributed by atoms with Gasteiger partial charge in [-0.3, -0.25) is 0 Å². The summed E-state index contributed by atoms with van der Waals surface area (Å²) < 4.78 is 12.6. The van der Waals surface area contributed by atoms with Gasteiger partial charge in [0.2, 0.25) is 0 Å². The van der Waals surface area contributed by atoms with Gasteiger partial charge in [-0.05, 0) is 51.9 Å². The summed E-state index contributed by atoms with van der Waals surface area (Å²) in [6.07, 6.45) is 12.1. The summed E-state index contributed by atoms with van der Waals surface area (Å²) in [5.74, 6) is 1.21. The van der Waals surface area contributed by atoms with Gasteiger partial charge in [-0.1, -0.05) is 49.1 Å². The largest absolute Gasteiger partial charge is 0.494 e. The lowest BCUT2D eigenvalue weighted by atomic mass is 9.69. The Morgan fingerprint density at radius 1 is 1.09 bits per heavy atom. The molecule has 4 heteroatoms. The number of hydrogen-bond acceptors (Lipinski definition) is 2. The van der Waals surface area contributed by atoms with Crippen LogP contribution in [0.1, 0.15) is 40.5 Å². The molecule has 2 aliphatic carbocycles. The van der Waals surface area contributed by atoms with E-state index < -0.39 is 8.07 Å². The predicted molar refractivity (Wildman–Crippen MR) is 101 cm³/mol. The molecule has 126 valence electrons. The van der Waals surface area contributed by atoms with Crippen molar-refractivity contribution in [1.82, 2.24) is 0 Å². The minimum Gasteiger partial charge on any atom is -0.399 e. The van der Waals surface area contributed by atoms with Gasteiger partial charge in [-0.15, -0.1) is 0 Å². The minimum atomic E-state index is -1.37. The fourth-order valence-electron chi connectivity index (χ4n) is 3.79. The SMILES string of the molecule is CC1(C)OB(C2=CC3CCC=CC3C([Si](C)(C)C)=C2)OC1(C)C. The van der Waals surface area contributed by atoms with Crippen LogP contribution in [-0.2, 0) is 9.31 Å². The van der Waals surface area contributed by atoms with E-state index in [0.717, 1.165) is 0 Å². The molecule has 2 atom stereocenters. The van der Waals surface area contributed by atoms with Crippen LogP contribution in [0.4, 0.5) is 0 Å². The summed E-state index contributed by atoms with van der Waals surface area (Å²) in [6, 6.07) is 0. The molecule has 1 saturated heterocycles. The average Bonchev–Trinajstić information content (AvgIpc) is 2.65. The molecule has 2 nitrogen and oxygen atoms in total. The summed E-state index contributed by atoms with van der Waals surface area (Å²) in [5.41, 5.74) is 0.710. The van der Waals surface area contributed by atoms with Crippen LogP contribution in [0, 0.1) is 11.8 Å². The van der Waals surface area contributed by atoms with Gasteiger partial charge < -0.3 is 9.31 Å². The maximum Gasteiger partial charge on any atom is 0.494 e. The van der Waals surface area contributed by atoms with E-state index in [0.29, 0.717) is 11.8 Å². The van der Waals surface area contributed by atoms with Gasteiger partial charge in [0.1, 0.15) is 0 Å². The monoisotopic (exact) mass is 330 g/mol. The zero-order chi connectivity index (χ0) is 17.0. The Balaban J connectivity index is 1.96. The lowest BCUT2D eigenvalue weighted by molar-refractivity contribution is 0.00578. The van der Waals surface area contributed by atoms with Crippen molar-refractivity contribution in [2.45, 2.75) is 71.4 Å². The predicted octanol–water partition coefficient (Wildman–Crippen LogP) is 4.94. The molecule has 0 aromatic heterocycles. The highest BCUT2D eigenvalue weighted by Gasteiger charge is 2.53. The van der Waals surface area contributed by atoms with E-state index in [4.69, 9.17) is 9.31 Å². The molecular formula is C19H31BO2Si. The van der Waals surface area contributed by atoms with Gasteiger partial charge in [0, 0.05) is 5.92 Å². The van der Waals surface area contributed by atoms with Crippen LogP contribution in [0.25, 0.3) is 0 Å². The van der Waals surface area contributed by atoms with Crippen molar-refractivity contribution in [2.75, 3.05) is 0 Å². The van der Waals surface area contributed by atoms with E-state index >= 15 is 0 Å². The molecule has 3 rings (SSSR count). The summed E-state index contributed by atoms with van der Waals surface area (Å²) in [5, 5.41) is 1.64. The standard InChI is InChI=1S/C19H31BO2Si/c1-18(2)19(3,4)22-20(21-18)15-12-14-10-8-9-11-16(14)17(13-15)23(5,6)7/h9,11-14,16H,8,10H2,1-7H3. The highest BCUT2D eigenvalue weighted by atomic mass is 28.3. The highest BCUT2D eigenvalue weighted by Crippen LogP contribution is 2.44. The zero-order valence-corrected chi connectivity index (χ0v) is 16.8. The van der Waals surface area contributed by atoms with Gasteiger partial charge in [0.25, 0.3) is 0 Å². The third-order valence-corrected chi connectivity index (χ3v) is 8.16. The van der Waals surface area contributed by atoms with Gasteiger partial charge in [0.15, 0.2) is 0 Å². The van der Waals surface area contributed by atoms with Crippen LogP contribution in [0.5, 0.6) is 0 Å². The summed E-state index contributed by atoms with van der Waals surface area (Å²) in [6.45, 7) is 15.9. The van der Waals surface area contributed by atoms with Gasteiger partial charge >= 0.3 is 7.12 Å². The molecule has 1 heterocycles. The maximum absolute atomic E-state index is 6.31. The first-order valence-electron chi connectivity index (χ1n) is 8.97. The second-order valence-corrected chi connectivity index (χ2v) is 14.4. The van der Waals surface area contributed by atoms with Crippen LogP contribution < -0.4 is 0 Å². The summed E-state index contributed by atoms with van der Waals surface area (Å²) >= 11 is 0. The average molecular weight is 330 g/mol. The molecule has 1 fully saturated rings. The van der Waals surface area contributed by atoms with E-state index in [1.807, 2.05) is 0 Å². The second-order valence-electron chi connectivity index (χ2n) is 9.30. The first-order valence-corrected chi connectivity index (χ1v) is 12.5. The lowest BCUT2D eigenvalue weighted by Gasteiger charge is -2.37. The molecule has 0 aromatic rings. The number of rotatable bonds is 2. The maximum atomic E-state index is 6.31. The van der Waals surface area contributed by atoms with Crippen molar-refractivity contribution < 1.29 is 9.31 Å². The second kappa shape index (κ2) is 5.47. The fraction of sp³-hybridized carbons (Fsp3) is 0.684. The third kappa shape index (κ3) is 3.06. The van der Waals surface area contributed by atoms with Gasteiger partial charge in [-0.2, -0.15) is 0 Å². The smallest absolute Gasteiger partial charge is 0.399 e. The lowest BCUT2D eigenvalue weighted by Crippen LogP contribution is -2.41. The Morgan fingerprint density at radius 2 is 1.70 bits per heavy atom. The van der Waals surface area contributed by atoms with Crippen molar-refractivity contribution in [3.8, 4) is 0 Å². The van der Waals surface area contributed by atoms with E-state index in [1.54, 1.807) is 5.20 Å². The molecule has 3 aliphatic rings. The molecule has 1 aliphatic heterocycles. The first kappa shape index (κ1) is 17.3. The number of fused-ring (bicyclic) bond motifs is 1. The Morgan fingerprint density at radius 3 is 2.26 bits per heavy atom. The van der Waals surface area contributed by atoms with Crippen LogP contribution in [0.3, 0.4) is 0 Å². The molecule has 23 heavy (non-hydrogen) atoms. The van der Waals surface area contributed by atoms with Crippen LogP contribution in [-0.4, -0.2) is 26.4 Å². The van der Waals surface area contributed by atoms with Crippen LogP contribution in [0.15, 0.2) is 35.0 Å². The Labute approximate surface area is 143 Å². The first-order chi connectivity index (χ1) is 10.5. The summed E-state index contributed by atoms with van der Waals surface area (Å²) in [7, 11) is -1.59. The molecule has 0 spiro atoms. The van der Waals surface area contributed by atoms with Crippen LogP contribution >= 0.6 is 0 Å². The van der Waals surface area contributed by atoms with E-state index in [9.17, 15) is 0 Å². The zero-order valence-electron chi connectivity index (χ0n) is 15.8. The molecule has 0 saturated carbocycles. The molecule has 0 aromatic carbocycles. The molecule has 0 bridgehead atoms. The molecule has 0 amide bonds. The number of allylic oxidation sites excluding steroid dienone is 6. The van der Waals surface area contributed by atoms with Crippen molar-refractivity contribution in [2.24, 2.45) is 11.8 Å². The Kier molecular flexibility index (Phi) is 4.10. The quantitative estimate of drug-likeness (QED) is 0.527. The van der Waals surface area contributed by atoms with E-state index in [1.165, 1.54) is 18.3 Å². The van der Waals surface area contributed by atoms with Crippen LogP contribution in [0.2, 0.25) is 19.6 Å². The van der Waals surface area contributed by atoms with Crippen molar-refractivity contribution in [3.63, 3.8) is 0 Å². The fourth-order valence-corrected chi connectivity index (χ4v) is 5.70. The minimum absolute atomic E-state index is 0.224. The molecule has 2 unspecified atom stereocenters. The van der Waals surface area contributed by atoms with Crippen molar-refractivity contribution >= 4 is 15.2 Å². The molecule has 0 radical (unpaired) electrons. The van der Waals surface area contributed by atoms with Crippen molar-refractivity contribution in [3.05, 3.63) is 35.0 Å². The Hall–Kier alpha value is -0.578. The van der Waals surface area contributed by atoms with Crippen molar-refractivity contribution in [1.29, 1.82) is 0 Å². The number of hydrogen-bond donors (Lipinski definition) is 0. The summed E-state index contributed by atoms with van der Waals surface area (Å²) in [4.78, 5) is 0. The van der Waals surface area contributed by atoms with E-state index in [-0.39, 0.29) is 18.3 Å². The topological polar surface area (TPSA) is 18.5 Å². The van der Waals surface area contributed by atoms with Gasteiger partial charge in [-0.25, -0.2) is 0 Å². The molecule has 0 N–H and O–H groups in total. The van der Waals surface area contributed by atoms with Gasteiger partial charge in [0.05, 0.1) is 19.3 Å². The molecular weight excluding hydrogens is 299 g/mol. The highest BCUT2D eigenvalue weighted by molar-refractivity contribution is 6.83. The Bertz CT molecular complexity index is 565. The normalized spacial score (nSPS) is 32.4.